The molecule has 1 unspecified atom stereocenters. The maximum atomic E-state index is 11.3. The molecule has 35 heavy (non-hydrogen) atoms. The lowest BCUT2D eigenvalue weighted by molar-refractivity contribution is -0.314. The molecule has 5 heterocycles. The van der Waals surface area contributed by atoms with Crippen molar-refractivity contribution in [2.24, 2.45) is 0 Å². The molecule has 0 aliphatic carbocycles. The Morgan fingerprint density at radius 2 is 1.63 bits per heavy atom. The van der Waals surface area contributed by atoms with Crippen molar-refractivity contribution >= 4 is 43.6 Å². The highest BCUT2D eigenvalue weighted by molar-refractivity contribution is 6.25. The van der Waals surface area contributed by atoms with Gasteiger partial charge in [-0.1, -0.05) is 36.4 Å². The molecule has 1 saturated heterocycles. The lowest BCUT2D eigenvalue weighted by atomic mass is 9.93. The van der Waals surface area contributed by atoms with Crippen LogP contribution in [0.1, 0.15) is 30.5 Å². The van der Waals surface area contributed by atoms with Crippen LogP contribution in [0.3, 0.4) is 0 Å². The summed E-state index contributed by atoms with van der Waals surface area (Å²) in [4.78, 5) is 0. The van der Waals surface area contributed by atoms with E-state index in [0.717, 1.165) is 54.7 Å². The smallest absolute Gasteiger partial charge is 0.174 e. The standard InChI is InChI=1S/C27H25N3O5/c1-27-24(34-2)22(31)23(32)26(35-27)29-15-9-5-3-7-12(15)18-19-14(11-28-25(19)33)17-13-8-4-6-10-16(13)30(27)21(17)20(18)29/h3-10,22-26,28,31-33H,11H2,1-2H3/t22-,23+,24+,25?,26+,27-/m0/s1. The molecule has 8 nitrogen and oxygen atoms in total. The van der Waals surface area contributed by atoms with Crippen molar-refractivity contribution in [3.05, 3.63) is 59.7 Å². The summed E-state index contributed by atoms with van der Waals surface area (Å²) in [6, 6.07) is 16.1. The van der Waals surface area contributed by atoms with Crippen LogP contribution in [-0.4, -0.2) is 49.9 Å². The summed E-state index contributed by atoms with van der Waals surface area (Å²) in [5.41, 5.74) is 4.49. The molecule has 3 aliphatic rings. The number of nitrogens with one attached hydrogen (secondary N) is 1. The number of hydrogen-bond donors (Lipinski definition) is 4. The Morgan fingerprint density at radius 1 is 0.943 bits per heavy atom. The molecular weight excluding hydrogens is 446 g/mol. The summed E-state index contributed by atoms with van der Waals surface area (Å²) in [6.07, 6.45) is -4.86. The number of aliphatic hydroxyl groups is 3. The van der Waals surface area contributed by atoms with Crippen molar-refractivity contribution in [3.8, 4) is 0 Å². The average Bonchev–Trinajstić information content (AvgIpc) is 3.49. The molecule has 3 aromatic carbocycles. The van der Waals surface area contributed by atoms with E-state index in [9.17, 15) is 15.3 Å². The van der Waals surface area contributed by atoms with Gasteiger partial charge in [0.2, 0.25) is 0 Å². The third-order valence-electron chi connectivity index (χ3n) is 8.44. The zero-order valence-electron chi connectivity index (χ0n) is 19.3. The minimum absolute atomic E-state index is 0.538. The molecule has 8 heteroatoms. The molecule has 3 aliphatic heterocycles. The number of rotatable bonds is 1. The Morgan fingerprint density at radius 3 is 2.37 bits per heavy atom. The minimum Gasteiger partial charge on any atom is -0.387 e. The summed E-state index contributed by atoms with van der Waals surface area (Å²) in [6.45, 7) is 2.46. The molecule has 178 valence electrons. The van der Waals surface area contributed by atoms with Gasteiger partial charge in [0, 0.05) is 40.8 Å². The van der Waals surface area contributed by atoms with Gasteiger partial charge in [-0.3, -0.25) is 5.32 Å². The van der Waals surface area contributed by atoms with Crippen LogP contribution in [0.25, 0.3) is 43.6 Å². The van der Waals surface area contributed by atoms with Crippen molar-refractivity contribution < 1.29 is 24.8 Å². The maximum absolute atomic E-state index is 11.3. The zero-order chi connectivity index (χ0) is 23.8. The van der Waals surface area contributed by atoms with Gasteiger partial charge >= 0.3 is 0 Å². The fourth-order valence-corrected chi connectivity index (χ4v) is 7.12. The second kappa shape index (κ2) is 6.41. The quantitative estimate of drug-likeness (QED) is 0.300. The highest BCUT2D eigenvalue weighted by Gasteiger charge is 2.56. The van der Waals surface area contributed by atoms with E-state index in [-0.39, 0.29) is 0 Å². The predicted octanol–water partition coefficient (Wildman–Crippen LogP) is 2.95. The van der Waals surface area contributed by atoms with Crippen LogP contribution in [-0.2, 0) is 21.7 Å². The SMILES string of the molecule is CO[C@@H]1[C@@H](O)[C@@H](O)[C@H]2O[C@]1(C)n1c3ccccc3c3c4c(c5c6ccccc6n2c5c31)C(O)NC4. The van der Waals surface area contributed by atoms with Gasteiger partial charge < -0.3 is 33.9 Å². The van der Waals surface area contributed by atoms with Gasteiger partial charge in [0.05, 0.1) is 22.1 Å². The highest BCUT2D eigenvalue weighted by Crippen LogP contribution is 2.54. The molecule has 5 aromatic rings. The first-order valence-electron chi connectivity index (χ1n) is 12.0. The number of aliphatic hydroxyl groups excluding tert-OH is 3. The molecule has 0 radical (unpaired) electrons. The topological polar surface area (TPSA) is 101 Å². The summed E-state index contributed by atoms with van der Waals surface area (Å²) >= 11 is 0. The molecule has 1 fully saturated rings. The molecule has 0 amide bonds. The van der Waals surface area contributed by atoms with Crippen LogP contribution in [0.15, 0.2) is 48.5 Å². The van der Waals surface area contributed by atoms with E-state index >= 15 is 0 Å². The first kappa shape index (κ1) is 20.2. The van der Waals surface area contributed by atoms with Crippen molar-refractivity contribution in [2.75, 3.05) is 7.11 Å². The van der Waals surface area contributed by atoms with Crippen molar-refractivity contribution in [1.82, 2.24) is 14.5 Å². The van der Waals surface area contributed by atoms with Gasteiger partial charge in [-0.2, -0.15) is 0 Å². The highest BCUT2D eigenvalue weighted by atomic mass is 16.6. The molecule has 0 spiro atoms. The Bertz CT molecular complexity index is 1720. The van der Waals surface area contributed by atoms with Crippen LogP contribution < -0.4 is 5.32 Å². The molecule has 2 aromatic heterocycles. The van der Waals surface area contributed by atoms with E-state index in [1.165, 1.54) is 7.11 Å². The van der Waals surface area contributed by atoms with E-state index in [0.29, 0.717) is 6.54 Å². The number of hydrogen-bond acceptors (Lipinski definition) is 6. The Kier molecular flexibility index (Phi) is 3.71. The fraction of sp³-hybridized carbons (Fsp3) is 0.333. The number of methoxy groups -OCH3 is 1. The van der Waals surface area contributed by atoms with Gasteiger partial charge in [-0.25, -0.2) is 0 Å². The normalized spacial score (nSPS) is 31.7. The van der Waals surface area contributed by atoms with E-state index in [1.807, 2.05) is 47.9 Å². The van der Waals surface area contributed by atoms with E-state index in [1.54, 1.807) is 0 Å². The maximum Gasteiger partial charge on any atom is 0.174 e. The fourth-order valence-electron chi connectivity index (χ4n) is 7.12. The molecular formula is C27H25N3O5. The third kappa shape index (κ3) is 2.12. The molecule has 2 bridgehead atoms. The van der Waals surface area contributed by atoms with Gasteiger partial charge in [0.15, 0.2) is 12.0 Å². The van der Waals surface area contributed by atoms with Crippen LogP contribution in [0.2, 0.25) is 0 Å². The Hall–Kier alpha value is -2.98. The molecule has 6 atom stereocenters. The largest absolute Gasteiger partial charge is 0.387 e. The lowest BCUT2D eigenvalue weighted by Crippen LogP contribution is -2.62. The van der Waals surface area contributed by atoms with E-state index < -0.39 is 36.5 Å². The van der Waals surface area contributed by atoms with Gasteiger partial charge in [-0.15, -0.1) is 0 Å². The van der Waals surface area contributed by atoms with Crippen molar-refractivity contribution in [3.63, 3.8) is 0 Å². The Labute approximate surface area is 199 Å². The van der Waals surface area contributed by atoms with Gasteiger partial charge in [0.1, 0.15) is 24.5 Å². The summed E-state index contributed by atoms with van der Waals surface area (Å²) in [7, 11) is 1.54. The van der Waals surface area contributed by atoms with Crippen molar-refractivity contribution in [1.29, 1.82) is 0 Å². The van der Waals surface area contributed by atoms with E-state index in [2.05, 4.69) is 22.0 Å². The number of para-hydroxylation sites is 2. The number of ether oxygens (including phenoxy) is 2. The number of nitrogens with zero attached hydrogens (tertiary/aromatic N) is 2. The van der Waals surface area contributed by atoms with Crippen LogP contribution in [0.4, 0.5) is 0 Å². The van der Waals surface area contributed by atoms with Crippen molar-refractivity contribution in [2.45, 2.75) is 50.0 Å². The van der Waals surface area contributed by atoms with Gasteiger partial charge in [-0.05, 0) is 24.6 Å². The predicted molar refractivity (Wildman–Crippen MR) is 131 cm³/mol. The minimum atomic E-state index is -1.21. The zero-order valence-corrected chi connectivity index (χ0v) is 19.3. The van der Waals surface area contributed by atoms with Crippen LogP contribution in [0.5, 0.6) is 0 Å². The molecule has 4 N–H and O–H groups in total. The lowest BCUT2D eigenvalue weighted by Gasteiger charge is -2.48. The Balaban J connectivity index is 1.74. The van der Waals surface area contributed by atoms with E-state index in [4.69, 9.17) is 9.47 Å². The number of benzene rings is 3. The monoisotopic (exact) mass is 471 g/mol. The molecule has 0 saturated carbocycles. The summed E-state index contributed by atoms with van der Waals surface area (Å²) in [5.74, 6) is 0. The number of fused-ring (bicyclic) bond motifs is 13. The second-order valence-electron chi connectivity index (χ2n) is 10.1. The van der Waals surface area contributed by atoms with Crippen LogP contribution in [0, 0.1) is 0 Å². The second-order valence-corrected chi connectivity index (χ2v) is 10.1. The molecule has 8 rings (SSSR count). The first-order valence-corrected chi connectivity index (χ1v) is 12.0. The number of aromatic nitrogens is 2. The van der Waals surface area contributed by atoms with Gasteiger partial charge in [0.25, 0.3) is 0 Å². The third-order valence-corrected chi connectivity index (χ3v) is 8.44. The first-order chi connectivity index (χ1) is 17.0. The summed E-state index contributed by atoms with van der Waals surface area (Å²) < 4.78 is 16.8. The summed E-state index contributed by atoms with van der Waals surface area (Å²) in [5, 5.41) is 41.0. The van der Waals surface area contributed by atoms with Crippen LogP contribution >= 0.6 is 0 Å². The average molecular weight is 472 g/mol.